The number of phenols is 1. The summed E-state index contributed by atoms with van der Waals surface area (Å²) in [4.78, 5) is 6.44. The Hall–Kier alpha value is -1.89. The molecule has 1 fully saturated rings. The number of halogens is 2. The Morgan fingerprint density at radius 1 is 1.27 bits per heavy atom. The van der Waals surface area contributed by atoms with E-state index >= 15 is 0 Å². The molecule has 2 rings (SSSR count). The molecular formula is C19H30F2N4O. The largest absolute Gasteiger partial charge is 0.508 e. The minimum Gasteiger partial charge on any atom is -0.508 e. The normalized spacial score (nSPS) is 16.8. The molecule has 3 N–H and O–H groups in total. The molecule has 0 atom stereocenters. The molecule has 5 nitrogen and oxygen atoms in total. The molecule has 0 bridgehead atoms. The van der Waals surface area contributed by atoms with Gasteiger partial charge >= 0.3 is 0 Å². The van der Waals surface area contributed by atoms with Crippen molar-refractivity contribution in [3.05, 3.63) is 29.8 Å². The summed E-state index contributed by atoms with van der Waals surface area (Å²) in [5.74, 6) is 1.08. The quantitative estimate of drug-likeness (QED) is 0.375. The smallest absolute Gasteiger partial charge is 0.251 e. The maximum absolute atomic E-state index is 12.4. The van der Waals surface area contributed by atoms with Gasteiger partial charge in [-0.3, -0.25) is 9.89 Å². The lowest BCUT2D eigenvalue weighted by Crippen LogP contribution is -2.49. The van der Waals surface area contributed by atoms with E-state index in [1.54, 1.807) is 12.1 Å². The third kappa shape index (κ3) is 7.56. The highest BCUT2D eigenvalue weighted by atomic mass is 19.3. The third-order valence-electron chi connectivity index (χ3n) is 4.50. The van der Waals surface area contributed by atoms with Crippen LogP contribution in [0.3, 0.4) is 0 Å². The number of likely N-dealkylation sites (tertiary alicyclic amines) is 1. The lowest BCUT2D eigenvalue weighted by Gasteiger charge is -2.32. The number of guanidine groups is 1. The topological polar surface area (TPSA) is 59.9 Å². The first-order chi connectivity index (χ1) is 12.6. The second kappa shape index (κ2) is 11.0. The Bertz CT molecular complexity index is 543. The van der Waals surface area contributed by atoms with E-state index < -0.39 is 6.43 Å². The Morgan fingerprint density at radius 2 is 1.96 bits per heavy atom. The molecule has 0 aromatic heterocycles. The van der Waals surface area contributed by atoms with Crippen LogP contribution in [-0.2, 0) is 6.42 Å². The molecule has 0 radical (unpaired) electrons. The maximum Gasteiger partial charge on any atom is 0.251 e. The van der Waals surface area contributed by atoms with Gasteiger partial charge in [0.05, 0.1) is 6.54 Å². The van der Waals surface area contributed by atoms with E-state index in [1.165, 1.54) is 5.56 Å². The zero-order chi connectivity index (χ0) is 18.8. The number of aromatic hydroxyl groups is 1. The number of nitrogens with zero attached hydrogens (tertiary/aromatic N) is 2. The first-order valence-electron chi connectivity index (χ1n) is 9.40. The number of aliphatic imine (C=N–C) groups is 1. The fraction of sp³-hybridized carbons (Fsp3) is 0.632. The molecule has 1 aliphatic heterocycles. The average Bonchev–Trinajstić information content (AvgIpc) is 2.61. The lowest BCUT2D eigenvalue weighted by atomic mass is 10.1. The standard InChI is InChI=1S/C19H30F2N4O/c1-2-22-19(23-11-3-4-15-5-7-17(26)8-6-15)24-16-9-12-25(13-10-16)14-18(20)21/h5-8,16,18,26H,2-4,9-14H2,1H3,(H2,22,23,24). The Kier molecular flexibility index (Phi) is 8.61. The van der Waals surface area contributed by atoms with Gasteiger partial charge in [0.1, 0.15) is 5.75 Å². The molecule has 0 amide bonds. The molecule has 0 spiro atoms. The summed E-state index contributed by atoms with van der Waals surface area (Å²) in [7, 11) is 0. The number of alkyl halides is 2. The van der Waals surface area contributed by atoms with Crippen molar-refractivity contribution in [2.75, 3.05) is 32.7 Å². The Balaban J connectivity index is 1.73. The van der Waals surface area contributed by atoms with Gasteiger partial charge in [-0.1, -0.05) is 12.1 Å². The Morgan fingerprint density at radius 3 is 2.58 bits per heavy atom. The van der Waals surface area contributed by atoms with Crippen LogP contribution in [0.5, 0.6) is 5.75 Å². The molecule has 1 aromatic rings. The minimum atomic E-state index is -2.26. The van der Waals surface area contributed by atoms with Crippen LogP contribution in [0.1, 0.15) is 31.7 Å². The number of hydrogen-bond acceptors (Lipinski definition) is 3. The lowest BCUT2D eigenvalue weighted by molar-refractivity contribution is 0.0744. The molecule has 1 aliphatic rings. The molecule has 7 heteroatoms. The highest BCUT2D eigenvalue weighted by Gasteiger charge is 2.21. The molecule has 0 saturated carbocycles. The van der Waals surface area contributed by atoms with Crippen molar-refractivity contribution in [2.45, 2.75) is 45.1 Å². The average molecular weight is 368 g/mol. The summed E-state index contributed by atoms with van der Waals surface area (Å²) in [6.45, 7) is 4.79. The van der Waals surface area contributed by atoms with Crippen molar-refractivity contribution in [3.63, 3.8) is 0 Å². The predicted molar refractivity (Wildman–Crippen MR) is 101 cm³/mol. The van der Waals surface area contributed by atoms with Crippen LogP contribution in [0.15, 0.2) is 29.3 Å². The molecule has 0 aliphatic carbocycles. The van der Waals surface area contributed by atoms with Crippen LogP contribution in [0.25, 0.3) is 0 Å². The van der Waals surface area contributed by atoms with Crippen LogP contribution in [0.2, 0.25) is 0 Å². The van der Waals surface area contributed by atoms with Gasteiger partial charge in [0.2, 0.25) is 0 Å². The molecule has 1 saturated heterocycles. The van der Waals surface area contributed by atoms with Gasteiger partial charge in [-0.25, -0.2) is 8.78 Å². The monoisotopic (exact) mass is 368 g/mol. The number of piperidine rings is 1. The fourth-order valence-electron chi connectivity index (χ4n) is 3.11. The van der Waals surface area contributed by atoms with E-state index in [4.69, 9.17) is 0 Å². The molecule has 0 unspecified atom stereocenters. The van der Waals surface area contributed by atoms with E-state index in [2.05, 4.69) is 15.6 Å². The Labute approximate surface area is 154 Å². The fourth-order valence-corrected chi connectivity index (χ4v) is 3.11. The molecule has 1 aromatic carbocycles. The zero-order valence-electron chi connectivity index (χ0n) is 15.4. The maximum atomic E-state index is 12.4. The van der Waals surface area contributed by atoms with Crippen LogP contribution in [0.4, 0.5) is 8.78 Å². The molecule has 1 heterocycles. The van der Waals surface area contributed by atoms with E-state index in [0.717, 1.165) is 38.2 Å². The number of rotatable bonds is 8. The van der Waals surface area contributed by atoms with Gasteiger partial charge in [0, 0.05) is 32.2 Å². The first kappa shape index (κ1) is 20.4. The molecule has 26 heavy (non-hydrogen) atoms. The number of nitrogens with one attached hydrogen (secondary N) is 2. The van der Waals surface area contributed by atoms with Crippen molar-refractivity contribution in [1.82, 2.24) is 15.5 Å². The van der Waals surface area contributed by atoms with Gasteiger partial charge < -0.3 is 15.7 Å². The number of aryl methyl sites for hydroxylation is 1. The van der Waals surface area contributed by atoms with E-state index in [-0.39, 0.29) is 18.3 Å². The third-order valence-corrected chi connectivity index (χ3v) is 4.50. The highest BCUT2D eigenvalue weighted by Crippen LogP contribution is 2.12. The number of benzene rings is 1. The molecule has 146 valence electrons. The summed E-state index contributed by atoms with van der Waals surface area (Å²) in [5.41, 5.74) is 1.18. The van der Waals surface area contributed by atoms with E-state index in [1.807, 2.05) is 24.0 Å². The minimum absolute atomic E-state index is 0.127. The van der Waals surface area contributed by atoms with E-state index in [0.29, 0.717) is 19.6 Å². The molecular weight excluding hydrogens is 338 g/mol. The highest BCUT2D eigenvalue weighted by molar-refractivity contribution is 5.80. The first-order valence-corrected chi connectivity index (χ1v) is 9.40. The van der Waals surface area contributed by atoms with Crippen molar-refractivity contribution >= 4 is 5.96 Å². The van der Waals surface area contributed by atoms with E-state index in [9.17, 15) is 13.9 Å². The van der Waals surface area contributed by atoms with Gasteiger partial charge in [-0.2, -0.15) is 0 Å². The van der Waals surface area contributed by atoms with Crippen LogP contribution >= 0.6 is 0 Å². The summed E-state index contributed by atoms with van der Waals surface area (Å²) in [6, 6.07) is 7.53. The summed E-state index contributed by atoms with van der Waals surface area (Å²) < 4.78 is 24.9. The van der Waals surface area contributed by atoms with Crippen molar-refractivity contribution in [3.8, 4) is 5.75 Å². The van der Waals surface area contributed by atoms with Crippen molar-refractivity contribution in [2.24, 2.45) is 4.99 Å². The predicted octanol–water partition coefficient (Wildman–Crippen LogP) is 2.61. The summed E-state index contributed by atoms with van der Waals surface area (Å²) in [5, 5.41) is 16.0. The van der Waals surface area contributed by atoms with Crippen molar-refractivity contribution < 1.29 is 13.9 Å². The van der Waals surface area contributed by atoms with Gasteiger partial charge in [-0.15, -0.1) is 0 Å². The number of phenolic OH excluding ortho intramolecular Hbond substituents is 1. The second-order valence-electron chi connectivity index (χ2n) is 6.64. The summed E-state index contributed by atoms with van der Waals surface area (Å²) >= 11 is 0. The summed E-state index contributed by atoms with van der Waals surface area (Å²) in [6.07, 6.45) is 1.28. The van der Waals surface area contributed by atoms with Gasteiger partial charge in [0.25, 0.3) is 6.43 Å². The SMILES string of the molecule is CCNC(=NCCCc1ccc(O)cc1)NC1CCN(CC(F)F)CC1. The van der Waals surface area contributed by atoms with Crippen molar-refractivity contribution in [1.29, 1.82) is 0 Å². The van der Waals surface area contributed by atoms with Gasteiger partial charge in [0.15, 0.2) is 5.96 Å². The number of hydrogen-bond donors (Lipinski definition) is 3. The zero-order valence-corrected chi connectivity index (χ0v) is 15.4. The second-order valence-corrected chi connectivity index (χ2v) is 6.64. The van der Waals surface area contributed by atoms with Gasteiger partial charge in [-0.05, 0) is 50.3 Å². The van der Waals surface area contributed by atoms with Crippen LogP contribution in [0, 0.1) is 0 Å². The van der Waals surface area contributed by atoms with Crippen LogP contribution in [-0.4, -0.2) is 61.2 Å². The van der Waals surface area contributed by atoms with Crippen LogP contribution < -0.4 is 10.6 Å².